The fourth-order valence-corrected chi connectivity index (χ4v) is 9.82. The number of esters is 5. The summed E-state index contributed by atoms with van der Waals surface area (Å²) in [6, 6.07) is 78.0. The summed E-state index contributed by atoms with van der Waals surface area (Å²) in [6.45, 7) is 66.3. The second-order valence-electron chi connectivity index (χ2n) is 30.7. The van der Waals surface area contributed by atoms with Crippen molar-refractivity contribution in [2.45, 2.75) is 265 Å². The van der Waals surface area contributed by atoms with Gasteiger partial charge in [0.1, 0.15) is 37.0 Å². The number of Topliss-reactive ketones (excluding diaryl/α,β-unsaturated/α-hetero) is 1. The molecule has 116 heavy (non-hydrogen) atoms. The number of ketones is 1. The van der Waals surface area contributed by atoms with E-state index in [1.54, 1.807) is 7.11 Å². The second-order valence-corrected chi connectivity index (χ2v) is 42.3. The van der Waals surface area contributed by atoms with Crippen molar-refractivity contribution in [1.82, 2.24) is 0 Å². The van der Waals surface area contributed by atoms with E-state index in [1.807, 2.05) is 127 Å². The third kappa shape index (κ3) is 61.0. The van der Waals surface area contributed by atoms with Gasteiger partial charge in [0.25, 0.3) is 0 Å². The number of hydrogen-bond donors (Lipinski definition) is 0. The van der Waals surface area contributed by atoms with Gasteiger partial charge in [-0.25, -0.2) is 0 Å². The molecule has 0 spiro atoms. The van der Waals surface area contributed by atoms with Gasteiger partial charge in [-0.05, 0) is 140 Å². The molecule has 0 atom stereocenters. The summed E-state index contributed by atoms with van der Waals surface area (Å²) in [6.07, 6.45) is 9.32. The van der Waals surface area contributed by atoms with Gasteiger partial charge in [0.2, 0.25) is 0 Å². The van der Waals surface area contributed by atoms with Crippen molar-refractivity contribution >= 4 is 51.8 Å². The van der Waals surface area contributed by atoms with E-state index in [0.717, 1.165) is 36.6 Å². The van der Waals surface area contributed by atoms with Gasteiger partial charge in [-0.3, -0.25) is 24.0 Å². The van der Waals surface area contributed by atoms with E-state index in [9.17, 15) is 28.8 Å². The van der Waals surface area contributed by atoms with E-state index in [2.05, 4.69) is 271 Å². The van der Waals surface area contributed by atoms with Crippen molar-refractivity contribution in [3.63, 3.8) is 0 Å². The van der Waals surface area contributed by atoms with Gasteiger partial charge in [0.05, 0.1) is 13.7 Å². The SMILES string of the molecule is C=CCCC.C=CCOC(C)=O.CC.CC.CC(=O)OC(C)(C)C.CC(=O)OCC1c2ccccc2-c2ccccc21.CC(=O)OCC[Si](C)(C)C.CC(=O)OCc1ccccc1.CC(C)(C)[Si](C)(C)C.CC(C)=O.CC(c1ccccc1)(c1ccccc1)c1ccccc1.CCC.CCc1ccc(OC)cc1.CCc1ccccc1.[HH].[HH].[HH]. The number of benzene rings is 8. The van der Waals surface area contributed by atoms with Gasteiger partial charge in [0, 0.05) is 66.4 Å². The molecule has 0 bridgehead atoms. The van der Waals surface area contributed by atoms with E-state index in [4.69, 9.17) is 23.7 Å². The van der Waals surface area contributed by atoms with Crippen molar-refractivity contribution < 1.29 is 61.5 Å². The Hall–Kier alpha value is -9.51. The molecule has 0 aromatic heterocycles. The summed E-state index contributed by atoms with van der Waals surface area (Å²) >= 11 is 0. The average molecular weight is 1630 g/mol. The Morgan fingerprint density at radius 2 is 0.741 bits per heavy atom. The zero-order chi connectivity index (χ0) is 89.8. The molecule has 0 amide bonds. The average Bonchev–Trinajstić information content (AvgIpc) is 1.75. The first-order valence-corrected chi connectivity index (χ1v) is 48.3. The molecule has 0 heterocycles. The van der Waals surface area contributed by atoms with Crippen LogP contribution in [0.25, 0.3) is 11.1 Å². The van der Waals surface area contributed by atoms with Crippen molar-refractivity contribution in [2.24, 2.45) is 0 Å². The first-order valence-electron chi connectivity index (χ1n) is 41.1. The Kier molecular flexibility index (Phi) is 68.1. The van der Waals surface area contributed by atoms with E-state index in [-0.39, 0.29) is 56.8 Å². The fraction of sp³-hybridized carbons (Fsp3) is 0.431. The first-order chi connectivity index (χ1) is 54.6. The fourth-order valence-electron chi connectivity index (χ4n) is 9.10. The zero-order valence-electron chi connectivity index (χ0n) is 77.5. The lowest BCUT2D eigenvalue weighted by Gasteiger charge is -2.32. The number of aryl methyl sites for hydroxylation is 2. The Morgan fingerprint density at radius 1 is 0.422 bits per heavy atom. The van der Waals surface area contributed by atoms with Crippen LogP contribution in [-0.2, 0) is 77.3 Å². The van der Waals surface area contributed by atoms with Crippen LogP contribution >= 0.6 is 0 Å². The number of fused-ring (bicyclic) bond motifs is 3. The monoisotopic (exact) mass is 1630 g/mol. The highest BCUT2D eigenvalue weighted by Gasteiger charge is 2.32. The van der Waals surface area contributed by atoms with Crippen LogP contribution in [-0.4, -0.2) is 84.3 Å². The minimum absolute atomic E-state index is 0. The van der Waals surface area contributed by atoms with E-state index in [1.165, 1.54) is 117 Å². The number of allylic oxidation sites excluding steroid dienone is 1. The molecule has 0 fully saturated rings. The summed E-state index contributed by atoms with van der Waals surface area (Å²) in [5.41, 5.74) is 12.3. The standard InChI is InChI=1S/C20H18.C16H14O2.C9H10O2.C9H12O.C8H10.C7H16O2Si.C7H18Si.C6H12O2.C5H8O2.C5H10.C3H6O.C3H8.2C2H6.3H2/c1-20(17-11-5-2-6-12-17,18-13-7-3-8-14-18)19-15-9-4-10-16-19;1-11(17)18-10-16-14-8-4-2-6-12(14)13-7-3-5-9-15(13)16;1-8(10)11-7-9-5-3-2-4-6-9;1-3-8-4-6-9(10-2)7-5-8;1-2-8-6-4-3-5-7-8;1-7(8)9-5-6-10(2,3)4;1-7(2,3)8(4,5)6;1-5(7)8-6(2,3)4;1-3-4-7-5(2)6;1-3-5-4-2;1-3(2)4;1-3-2;2*1-2;;;/h2-16H,1H3;2-9,16H,10H2,1H3;2-6H,7H2,1H3;4-7H,3H2,1-2H3;3-7H,2H2,1H3;5-6H2,1-4H3;1-6H3;1-4H3;3H,1,4H2,2H3;3H,1,4-5H2,2H3;1-2H3;3H2,1-2H3;2*1-2H3;3*1H. The molecule has 0 saturated carbocycles. The number of ether oxygens (including phenoxy) is 6. The van der Waals surface area contributed by atoms with Gasteiger partial charge in [-0.15, -0.1) is 6.58 Å². The van der Waals surface area contributed by atoms with E-state index in [0.29, 0.717) is 31.5 Å². The molecule has 0 unspecified atom stereocenters. The smallest absolute Gasteiger partial charge is 0.303 e. The molecule has 1 aliphatic rings. The molecule has 8 aromatic carbocycles. The number of unbranched alkanes of at least 4 members (excludes halogenated alkanes) is 1. The predicted molar refractivity (Wildman–Crippen MR) is 508 cm³/mol. The molecule has 14 heteroatoms. The molecule has 648 valence electrons. The van der Waals surface area contributed by atoms with Gasteiger partial charge in [-0.2, -0.15) is 0 Å². The highest BCUT2D eigenvalue weighted by atomic mass is 28.3. The van der Waals surface area contributed by atoms with Gasteiger partial charge < -0.3 is 33.2 Å². The molecule has 0 saturated heterocycles. The Morgan fingerprint density at radius 3 is 0.983 bits per heavy atom. The largest absolute Gasteiger partial charge is 0.497 e. The molecule has 8 aromatic rings. The Labute approximate surface area is 712 Å². The van der Waals surface area contributed by atoms with Crippen molar-refractivity contribution in [1.29, 1.82) is 0 Å². The normalized spacial score (nSPS) is 10.2. The maximum absolute atomic E-state index is 11.0. The van der Waals surface area contributed by atoms with Crippen LogP contribution < -0.4 is 4.74 Å². The lowest BCUT2D eigenvalue weighted by Crippen LogP contribution is -2.32. The quantitative estimate of drug-likeness (QED) is 0.0280. The van der Waals surface area contributed by atoms with Crippen LogP contribution in [0.1, 0.15) is 233 Å². The van der Waals surface area contributed by atoms with Crippen molar-refractivity contribution in [2.75, 3.05) is 26.9 Å². The number of hydrogen-bond acceptors (Lipinski definition) is 12. The number of carbonyl (C=O) groups excluding carboxylic acids is 6. The molecule has 0 aliphatic heterocycles. The second kappa shape index (κ2) is 68.7. The highest BCUT2D eigenvalue weighted by Crippen LogP contribution is 2.45. The van der Waals surface area contributed by atoms with E-state index >= 15 is 0 Å². The van der Waals surface area contributed by atoms with Crippen molar-refractivity contribution in [3.05, 3.63) is 294 Å². The van der Waals surface area contributed by atoms with Gasteiger partial charge in [-0.1, -0.05) is 366 Å². The zero-order valence-corrected chi connectivity index (χ0v) is 79.5. The molecule has 9 rings (SSSR count). The van der Waals surface area contributed by atoms with Gasteiger partial charge >= 0.3 is 29.8 Å². The minimum atomic E-state index is -1.00. The van der Waals surface area contributed by atoms with Crippen LogP contribution in [0.5, 0.6) is 5.75 Å². The predicted octanol–water partition coefficient (Wildman–Crippen LogP) is 28.5. The molecule has 0 N–H and O–H groups in total. The third-order valence-corrected chi connectivity index (χ3v) is 22.5. The Bertz CT molecular complexity index is 3620. The number of rotatable bonds is 17. The Balaban J connectivity index is -0.000000193. The third-order valence-electron chi connectivity index (χ3n) is 16.3. The maximum Gasteiger partial charge on any atom is 0.303 e. The molecule has 0 radical (unpaired) electrons. The lowest BCUT2D eigenvalue weighted by atomic mass is 9.71. The van der Waals surface area contributed by atoms with E-state index < -0.39 is 16.1 Å². The minimum Gasteiger partial charge on any atom is -0.497 e. The lowest BCUT2D eigenvalue weighted by molar-refractivity contribution is -0.152. The topological polar surface area (TPSA) is 158 Å². The molecular formula is C102H160O12Si2. The summed E-state index contributed by atoms with van der Waals surface area (Å²) in [5.74, 6) is 0.139. The van der Waals surface area contributed by atoms with Crippen LogP contribution in [0.2, 0.25) is 50.4 Å². The molecule has 1 aliphatic carbocycles. The van der Waals surface area contributed by atoms with Crippen LogP contribution in [0.15, 0.2) is 250 Å². The summed E-state index contributed by atoms with van der Waals surface area (Å²) in [7, 11) is -0.179. The summed E-state index contributed by atoms with van der Waals surface area (Å²) < 4.78 is 29.0. The maximum atomic E-state index is 11.0. The molecular weight excluding hydrogens is 1470 g/mol. The number of carbonyl (C=O) groups is 6. The molecule has 12 nitrogen and oxygen atoms in total. The first kappa shape index (κ1) is 115. The summed E-state index contributed by atoms with van der Waals surface area (Å²) in [5, 5.41) is 0.576. The van der Waals surface area contributed by atoms with Crippen LogP contribution in [0.4, 0.5) is 0 Å². The van der Waals surface area contributed by atoms with Crippen LogP contribution in [0.3, 0.4) is 0 Å². The van der Waals surface area contributed by atoms with Crippen molar-refractivity contribution in [3.8, 4) is 16.9 Å². The number of methoxy groups -OCH3 is 1. The van der Waals surface area contributed by atoms with Gasteiger partial charge in [0.15, 0.2) is 0 Å². The van der Waals surface area contributed by atoms with Crippen LogP contribution in [0, 0.1) is 0 Å². The highest BCUT2D eigenvalue weighted by molar-refractivity contribution is 6.78. The summed E-state index contributed by atoms with van der Waals surface area (Å²) in [4.78, 5) is 61.3.